The third-order valence-corrected chi connectivity index (χ3v) is 5.54. The van der Waals surface area contributed by atoms with Crippen molar-refractivity contribution in [2.75, 3.05) is 6.54 Å². The Bertz CT molecular complexity index is 421. The first-order valence-electron chi connectivity index (χ1n) is 8.15. The molecule has 1 fully saturated rings. The second-order valence-corrected chi connectivity index (χ2v) is 7.10. The van der Waals surface area contributed by atoms with E-state index in [4.69, 9.17) is 0 Å². The Labute approximate surface area is 132 Å². The Morgan fingerprint density at radius 2 is 1.90 bits per heavy atom. The van der Waals surface area contributed by atoms with E-state index < -0.39 is 0 Å². The molecule has 1 aliphatic carbocycles. The fourth-order valence-corrected chi connectivity index (χ4v) is 4.30. The van der Waals surface area contributed by atoms with Gasteiger partial charge in [0.25, 0.3) is 0 Å². The normalized spacial score (nSPS) is 24.6. The summed E-state index contributed by atoms with van der Waals surface area (Å²) in [6.07, 6.45) is 6.92. The van der Waals surface area contributed by atoms with Crippen molar-refractivity contribution in [2.45, 2.75) is 58.9 Å². The highest BCUT2D eigenvalue weighted by Crippen LogP contribution is 2.39. The summed E-state index contributed by atoms with van der Waals surface area (Å²) in [6.45, 7) is 7.75. The molecule has 1 atom stereocenters. The monoisotopic (exact) mass is 337 g/mol. The zero-order valence-electron chi connectivity index (χ0n) is 13.1. The van der Waals surface area contributed by atoms with Crippen LogP contribution >= 0.6 is 15.9 Å². The molecule has 0 radical (unpaired) electrons. The first kappa shape index (κ1) is 16.0. The van der Waals surface area contributed by atoms with E-state index in [0.29, 0.717) is 6.04 Å². The zero-order valence-corrected chi connectivity index (χ0v) is 14.7. The summed E-state index contributed by atoms with van der Waals surface area (Å²) in [7, 11) is 0. The Kier molecular flexibility index (Phi) is 6.10. The standard InChI is InChI=1S/C18H28BrN/c1-4-14-7-9-15(10-8-14)18(20-5-2)16-11-6-13(3)12-17(16)19/h6,11-12,14-15,18,20H,4-5,7-10H2,1-3H3. The van der Waals surface area contributed by atoms with E-state index in [1.165, 1.54) is 47.7 Å². The lowest BCUT2D eigenvalue weighted by molar-refractivity contribution is 0.220. The topological polar surface area (TPSA) is 12.0 Å². The average Bonchev–Trinajstić information content (AvgIpc) is 2.46. The molecule has 1 saturated carbocycles. The molecule has 0 bridgehead atoms. The van der Waals surface area contributed by atoms with Gasteiger partial charge in [0.15, 0.2) is 0 Å². The molecule has 0 spiro atoms. The predicted octanol–water partition coefficient (Wildman–Crippen LogP) is 5.62. The molecule has 0 aromatic heterocycles. The number of aryl methyl sites for hydroxylation is 1. The van der Waals surface area contributed by atoms with Crippen LogP contribution in [-0.4, -0.2) is 6.54 Å². The predicted molar refractivity (Wildman–Crippen MR) is 91.0 cm³/mol. The molecular formula is C18H28BrN. The maximum atomic E-state index is 3.77. The van der Waals surface area contributed by atoms with Gasteiger partial charge in [0.05, 0.1) is 0 Å². The smallest absolute Gasteiger partial charge is 0.0359 e. The number of halogens is 1. The van der Waals surface area contributed by atoms with Crippen molar-refractivity contribution >= 4 is 15.9 Å². The maximum absolute atomic E-state index is 3.77. The molecule has 1 aliphatic rings. The highest BCUT2D eigenvalue weighted by atomic mass is 79.9. The molecule has 2 rings (SSSR count). The lowest BCUT2D eigenvalue weighted by Crippen LogP contribution is -2.31. The van der Waals surface area contributed by atoms with E-state index in [1.807, 2.05) is 0 Å². The SMILES string of the molecule is CCNC(c1ccc(C)cc1Br)C1CCC(CC)CC1. The molecule has 1 nitrogen and oxygen atoms in total. The van der Waals surface area contributed by atoms with Gasteiger partial charge in [0.1, 0.15) is 0 Å². The number of nitrogens with one attached hydrogen (secondary N) is 1. The fourth-order valence-electron chi connectivity index (χ4n) is 3.56. The average molecular weight is 338 g/mol. The molecule has 112 valence electrons. The van der Waals surface area contributed by atoms with Crippen LogP contribution in [0.25, 0.3) is 0 Å². The van der Waals surface area contributed by atoms with Gasteiger partial charge in [-0.1, -0.05) is 61.2 Å². The van der Waals surface area contributed by atoms with Crippen molar-refractivity contribution < 1.29 is 0 Å². The van der Waals surface area contributed by atoms with Crippen LogP contribution < -0.4 is 5.32 Å². The van der Waals surface area contributed by atoms with Gasteiger partial charge in [-0.3, -0.25) is 0 Å². The van der Waals surface area contributed by atoms with Gasteiger partial charge in [0.2, 0.25) is 0 Å². The van der Waals surface area contributed by atoms with Gasteiger partial charge in [-0.2, -0.15) is 0 Å². The fraction of sp³-hybridized carbons (Fsp3) is 0.667. The third kappa shape index (κ3) is 3.85. The Morgan fingerprint density at radius 3 is 2.45 bits per heavy atom. The third-order valence-electron chi connectivity index (χ3n) is 4.86. The molecule has 1 N–H and O–H groups in total. The van der Waals surface area contributed by atoms with Crippen LogP contribution in [0.5, 0.6) is 0 Å². The van der Waals surface area contributed by atoms with Crippen molar-refractivity contribution in [3.63, 3.8) is 0 Å². The molecule has 2 heteroatoms. The molecule has 0 amide bonds. The molecule has 1 aromatic rings. The summed E-state index contributed by atoms with van der Waals surface area (Å²) in [5.41, 5.74) is 2.77. The first-order valence-corrected chi connectivity index (χ1v) is 8.94. The summed E-state index contributed by atoms with van der Waals surface area (Å²) in [4.78, 5) is 0. The van der Waals surface area contributed by atoms with Gasteiger partial charge < -0.3 is 5.32 Å². The van der Waals surface area contributed by atoms with Crippen LogP contribution in [0.1, 0.15) is 63.1 Å². The second kappa shape index (κ2) is 7.61. The van der Waals surface area contributed by atoms with E-state index in [1.54, 1.807) is 0 Å². The number of benzene rings is 1. The molecule has 0 heterocycles. The summed E-state index contributed by atoms with van der Waals surface area (Å²) >= 11 is 3.77. The second-order valence-electron chi connectivity index (χ2n) is 6.25. The van der Waals surface area contributed by atoms with Gasteiger partial charge in [-0.15, -0.1) is 0 Å². The minimum atomic E-state index is 0.507. The van der Waals surface area contributed by atoms with Crippen LogP contribution in [0.4, 0.5) is 0 Å². The van der Waals surface area contributed by atoms with Crippen molar-refractivity contribution in [3.8, 4) is 0 Å². The van der Waals surface area contributed by atoms with Gasteiger partial charge >= 0.3 is 0 Å². The van der Waals surface area contributed by atoms with Crippen LogP contribution in [0.3, 0.4) is 0 Å². The minimum absolute atomic E-state index is 0.507. The molecule has 0 aliphatic heterocycles. The van der Waals surface area contributed by atoms with E-state index in [-0.39, 0.29) is 0 Å². The molecular weight excluding hydrogens is 310 g/mol. The van der Waals surface area contributed by atoms with Crippen LogP contribution in [0.2, 0.25) is 0 Å². The Balaban J connectivity index is 2.14. The summed E-state index contributed by atoms with van der Waals surface area (Å²) in [6, 6.07) is 7.30. The molecule has 0 saturated heterocycles. The maximum Gasteiger partial charge on any atom is 0.0359 e. The highest BCUT2D eigenvalue weighted by Gasteiger charge is 2.28. The lowest BCUT2D eigenvalue weighted by atomic mass is 9.76. The Hall–Kier alpha value is -0.340. The van der Waals surface area contributed by atoms with E-state index in [0.717, 1.165) is 18.4 Å². The first-order chi connectivity index (χ1) is 9.65. The van der Waals surface area contributed by atoms with E-state index in [2.05, 4.69) is 60.2 Å². The van der Waals surface area contributed by atoms with Gasteiger partial charge in [0, 0.05) is 10.5 Å². The van der Waals surface area contributed by atoms with Crippen molar-refractivity contribution in [3.05, 3.63) is 33.8 Å². The van der Waals surface area contributed by atoms with Gasteiger partial charge in [-0.05, 0) is 55.3 Å². The van der Waals surface area contributed by atoms with Crippen molar-refractivity contribution in [1.82, 2.24) is 5.32 Å². The van der Waals surface area contributed by atoms with Crippen LogP contribution in [0.15, 0.2) is 22.7 Å². The van der Waals surface area contributed by atoms with Crippen molar-refractivity contribution in [2.24, 2.45) is 11.8 Å². The van der Waals surface area contributed by atoms with E-state index in [9.17, 15) is 0 Å². The number of hydrogen-bond acceptors (Lipinski definition) is 1. The summed E-state index contributed by atoms with van der Waals surface area (Å²) < 4.78 is 1.26. The van der Waals surface area contributed by atoms with E-state index >= 15 is 0 Å². The van der Waals surface area contributed by atoms with Gasteiger partial charge in [-0.25, -0.2) is 0 Å². The number of rotatable bonds is 5. The quantitative estimate of drug-likeness (QED) is 0.734. The zero-order chi connectivity index (χ0) is 14.5. The van der Waals surface area contributed by atoms with Crippen LogP contribution in [-0.2, 0) is 0 Å². The lowest BCUT2D eigenvalue weighted by Gasteiger charge is -2.35. The van der Waals surface area contributed by atoms with Crippen molar-refractivity contribution in [1.29, 1.82) is 0 Å². The molecule has 1 unspecified atom stereocenters. The highest BCUT2D eigenvalue weighted by molar-refractivity contribution is 9.10. The Morgan fingerprint density at radius 1 is 1.20 bits per heavy atom. The summed E-state index contributed by atoms with van der Waals surface area (Å²) in [5, 5.41) is 3.73. The number of hydrogen-bond donors (Lipinski definition) is 1. The summed E-state index contributed by atoms with van der Waals surface area (Å²) in [5.74, 6) is 1.76. The van der Waals surface area contributed by atoms with Crippen LogP contribution in [0, 0.1) is 18.8 Å². The largest absolute Gasteiger partial charge is 0.310 e. The molecule has 20 heavy (non-hydrogen) atoms. The minimum Gasteiger partial charge on any atom is -0.310 e. The molecule has 1 aromatic carbocycles.